The molecule has 8 rings (SSSR count). The molecule has 5 aromatic rings. The molecule has 0 saturated carbocycles. The lowest BCUT2D eigenvalue weighted by Crippen LogP contribution is -2.35. The van der Waals surface area contributed by atoms with E-state index in [-0.39, 0.29) is 29.1 Å². The van der Waals surface area contributed by atoms with Crippen LogP contribution in [0, 0.1) is 11.8 Å². The van der Waals surface area contributed by atoms with E-state index in [0.29, 0.717) is 0 Å². The number of rotatable bonds is 15. The van der Waals surface area contributed by atoms with E-state index in [9.17, 15) is 0 Å². The third-order valence-corrected chi connectivity index (χ3v) is 13.5. The highest BCUT2D eigenvalue weighted by Crippen LogP contribution is 2.58. The predicted molar refractivity (Wildman–Crippen MR) is 260 cm³/mol. The minimum absolute atomic E-state index is 0.00768. The van der Waals surface area contributed by atoms with Crippen LogP contribution in [0.15, 0.2) is 255 Å². The van der Waals surface area contributed by atoms with Crippen molar-refractivity contribution in [1.82, 2.24) is 4.90 Å². The van der Waals surface area contributed by atoms with Crippen LogP contribution in [0.3, 0.4) is 0 Å². The molecule has 3 aliphatic carbocycles. The Labute approximate surface area is 364 Å². The van der Waals surface area contributed by atoms with E-state index in [1.165, 1.54) is 50.1 Å². The molecule has 302 valence electrons. The fourth-order valence-electron chi connectivity index (χ4n) is 10.3. The van der Waals surface area contributed by atoms with Crippen molar-refractivity contribution < 1.29 is 0 Å². The molecule has 0 amide bonds. The summed E-state index contributed by atoms with van der Waals surface area (Å²) < 4.78 is 0. The first kappa shape index (κ1) is 41.1. The molecule has 0 aliphatic heterocycles. The molecular formula is C60H57N. The van der Waals surface area contributed by atoms with Gasteiger partial charge in [0.25, 0.3) is 0 Å². The SMILES string of the molecule is C=CC(C(=C)N(/C=C/C1C(C=C)c2ccccc2C1(c1ccccc1)c1ccccc1)C1=CCCC(C(=C)/C=C\C2=Cc3ccccc3C2(C)C)=C1)C(C=C)c1ccccc1. The van der Waals surface area contributed by atoms with E-state index in [0.717, 1.165) is 29.8 Å². The van der Waals surface area contributed by atoms with E-state index in [4.69, 9.17) is 6.58 Å². The fraction of sp³-hybridized carbons (Fsp3) is 0.167. The van der Waals surface area contributed by atoms with E-state index in [1.54, 1.807) is 0 Å². The minimum atomic E-state index is -0.476. The van der Waals surface area contributed by atoms with E-state index in [1.807, 2.05) is 12.2 Å². The molecule has 0 fully saturated rings. The van der Waals surface area contributed by atoms with Gasteiger partial charge in [-0.05, 0) is 74.6 Å². The highest BCUT2D eigenvalue weighted by molar-refractivity contribution is 5.72. The molecule has 0 aromatic heterocycles. The zero-order chi connectivity index (χ0) is 42.6. The summed E-state index contributed by atoms with van der Waals surface area (Å²) in [5, 5.41) is 0. The van der Waals surface area contributed by atoms with Crippen LogP contribution in [0.1, 0.15) is 77.5 Å². The average molecular weight is 792 g/mol. The first-order valence-electron chi connectivity index (χ1n) is 21.6. The van der Waals surface area contributed by atoms with Gasteiger partial charge in [-0.1, -0.05) is 215 Å². The number of nitrogens with zero attached hydrogens (tertiary/aromatic N) is 1. The van der Waals surface area contributed by atoms with E-state index in [2.05, 4.69) is 233 Å². The molecule has 0 saturated heterocycles. The summed E-state index contributed by atoms with van der Waals surface area (Å²) in [6.07, 6.45) is 24.2. The molecule has 0 bridgehead atoms. The van der Waals surface area contributed by atoms with Crippen LogP contribution in [0.5, 0.6) is 0 Å². The summed E-state index contributed by atoms with van der Waals surface area (Å²) in [6.45, 7) is 27.3. The number of fused-ring (bicyclic) bond motifs is 2. The lowest BCUT2D eigenvalue weighted by molar-refractivity contribution is 0.442. The maximum Gasteiger partial charge on any atom is 0.0526 e. The fourth-order valence-corrected chi connectivity index (χ4v) is 10.3. The Hall–Kier alpha value is -6.70. The number of hydrogen-bond acceptors (Lipinski definition) is 1. The van der Waals surface area contributed by atoms with Gasteiger partial charge in [0, 0.05) is 46.7 Å². The Balaban J connectivity index is 1.23. The maximum absolute atomic E-state index is 4.89. The minimum Gasteiger partial charge on any atom is -0.321 e. The summed E-state index contributed by atoms with van der Waals surface area (Å²) in [5.41, 5.74) is 13.9. The van der Waals surface area contributed by atoms with Crippen molar-refractivity contribution in [1.29, 1.82) is 0 Å². The highest BCUT2D eigenvalue weighted by atomic mass is 15.1. The van der Waals surface area contributed by atoms with Gasteiger partial charge in [-0.15, -0.1) is 19.7 Å². The number of allylic oxidation sites excluding steroid dienone is 11. The third-order valence-electron chi connectivity index (χ3n) is 13.5. The summed E-state index contributed by atoms with van der Waals surface area (Å²) >= 11 is 0. The van der Waals surface area contributed by atoms with Crippen LogP contribution in [-0.4, -0.2) is 4.90 Å². The lowest BCUT2D eigenvalue weighted by atomic mass is 9.64. The molecule has 0 spiro atoms. The van der Waals surface area contributed by atoms with Gasteiger partial charge in [0.1, 0.15) is 0 Å². The van der Waals surface area contributed by atoms with Crippen molar-refractivity contribution in [2.75, 3.05) is 0 Å². The number of benzene rings is 5. The first-order valence-corrected chi connectivity index (χ1v) is 21.6. The van der Waals surface area contributed by atoms with Crippen molar-refractivity contribution in [2.24, 2.45) is 11.8 Å². The Kier molecular flexibility index (Phi) is 11.8. The summed E-state index contributed by atoms with van der Waals surface area (Å²) in [5.74, 6) is -0.106. The second-order valence-corrected chi connectivity index (χ2v) is 17.1. The molecule has 3 aliphatic rings. The molecule has 4 unspecified atom stereocenters. The van der Waals surface area contributed by atoms with Crippen molar-refractivity contribution in [3.63, 3.8) is 0 Å². The standard InChI is InChI=1S/C60H57N/c1-8-52(53(9-2)45-25-14-11-15-26-45)44(5)61(51-33-24-28-46(42-51)43(4)37-38-50-41-47-27-20-22-35-56(47)59(50,6)7)40-39-58-54(10-3)55-34-21-23-36-57(55)60(58,48-29-16-12-17-30-48)49-31-18-13-19-32-49/h8-23,25-27,29-42,52-54,58H,1-5,24,28H2,6-7H3/b38-37-,40-39+. The largest absolute Gasteiger partial charge is 0.321 e. The summed E-state index contributed by atoms with van der Waals surface area (Å²) in [4.78, 5) is 2.31. The Morgan fingerprint density at radius 1 is 0.705 bits per heavy atom. The van der Waals surface area contributed by atoms with Crippen molar-refractivity contribution in [3.05, 3.63) is 294 Å². The normalized spacial score (nSPS) is 19.5. The molecule has 5 aromatic carbocycles. The quantitative estimate of drug-likeness (QED) is 0.0754. The molecular weight excluding hydrogens is 735 g/mol. The monoisotopic (exact) mass is 791 g/mol. The molecule has 0 heterocycles. The Morgan fingerprint density at radius 3 is 1.93 bits per heavy atom. The Morgan fingerprint density at radius 2 is 1.31 bits per heavy atom. The predicted octanol–water partition coefficient (Wildman–Crippen LogP) is 15.1. The zero-order valence-corrected chi connectivity index (χ0v) is 35.8. The second-order valence-electron chi connectivity index (χ2n) is 17.1. The molecule has 1 heteroatoms. The van der Waals surface area contributed by atoms with Gasteiger partial charge in [-0.3, -0.25) is 0 Å². The van der Waals surface area contributed by atoms with Gasteiger partial charge >= 0.3 is 0 Å². The van der Waals surface area contributed by atoms with Crippen molar-refractivity contribution in [3.8, 4) is 0 Å². The highest BCUT2D eigenvalue weighted by Gasteiger charge is 2.52. The molecule has 0 radical (unpaired) electrons. The third kappa shape index (κ3) is 7.44. The van der Waals surface area contributed by atoms with Gasteiger partial charge in [0.15, 0.2) is 0 Å². The molecule has 4 atom stereocenters. The van der Waals surface area contributed by atoms with E-state index < -0.39 is 5.41 Å². The zero-order valence-electron chi connectivity index (χ0n) is 35.8. The van der Waals surface area contributed by atoms with E-state index >= 15 is 0 Å². The van der Waals surface area contributed by atoms with Gasteiger partial charge in [0.2, 0.25) is 0 Å². The molecule has 61 heavy (non-hydrogen) atoms. The summed E-state index contributed by atoms with van der Waals surface area (Å²) in [6, 6.07) is 50.2. The Bertz CT molecular complexity index is 2570. The van der Waals surface area contributed by atoms with Crippen molar-refractivity contribution >= 4 is 6.08 Å². The van der Waals surface area contributed by atoms with Crippen LogP contribution in [0.2, 0.25) is 0 Å². The van der Waals surface area contributed by atoms with Gasteiger partial charge < -0.3 is 4.90 Å². The maximum atomic E-state index is 4.89. The average Bonchev–Trinajstić information content (AvgIpc) is 3.75. The first-order chi connectivity index (χ1) is 29.7. The summed E-state index contributed by atoms with van der Waals surface area (Å²) in [7, 11) is 0. The van der Waals surface area contributed by atoms with Crippen molar-refractivity contribution in [2.45, 2.75) is 49.4 Å². The van der Waals surface area contributed by atoms with Crippen LogP contribution < -0.4 is 0 Å². The topological polar surface area (TPSA) is 3.24 Å². The van der Waals surface area contributed by atoms with Gasteiger partial charge in [-0.2, -0.15) is 0 Å². The lowest BCUT2D eigenvalue weighted by Gasteiger charge is -2.39. The van der Waals surface area contributed by atoms with Crippen LogP contribution in [-0.2, 0) is 10.8 Å². The second kappa shape index (κ2) is 17.5. The van der Waals surface area contributed by atoms with Gasteiger partial charge in [-0.25, -0.2) is 0 Å². The van der Waals surface area contributed by atoms with Crippen LogP contribution in [0.4, 0.5) is 0 Å². The molecule has 1 nitrogen and oxygen atoms in total. The molecule has 0 N–H and O–H groups in total. The number of hydrogen-bond donors (Lipinski definition) is 0. The van der Waals surface area contributed by atoms with Crippen LogP contribution >= 0.6 is 0 Å². The smallest absolute Gasteiger partial charge is 0.0526 e. The van der Waals surface area contributed by atoms with Gasteiger partial charge in [0.05, 0.1) is 5.41 Å². The van der Waals surface area contributed by atoms with Crippen LogP contribution in [0.25, 0.3) is 6.08 Å².